The largest absolute Gasteiger partial charge is 0.493 e. The average Bonchev–Trinajstić information content (AvgIpc) is 2.72. The van der Waals surface area contributed by atoms with Gasteiger partial charge in [-0.25, -0.2) is 4.98 Å². The number of hydrogen-bond acceptors (Lipinski definition) is 7. The van der Waals surface area contributed by atoms with Gasteiger partial charge in [-0.15, -0.1) is 0 Å². The number of hydrogen-bond donors (Lipinski definition) is 1. The quantitative estimate of drug-likeness (QED) is 0.743. The number of nitrogens with zero attached hydrogens (tertiary/aromatic N) is 3. The summed E-state index contributed by atoms with van der Waals surface area (Å²) >= 11 is 0. The van der Waals surface area contributed by atoms with Crippen molar-refractivity contribution in [1.82, 2.24) is 9.97 Å². The number of aromatic nitrogens is 2. The molecule has 2 heterocycles. The molecule has 136 valence electrons. The molecule has 0 aliphatic rings. The third-order valence-corrected chi connectivity index (χ3v) is 4.11. The van der Waals surface area contributed by atoms with Gasteiger partial charge in [0.2, 0.25) is 5.75 Å². The van der Waals surface area contributed by atoms with Crippen LogP contribution in [-0.4, -0.2) is 31.3 Å². The van der Waals surface area contributed by atoms with Crippen LogP contribution in [-0.2, 0) is 0 Å². The van der Waals surface area contributed by atoms with E-state index in [0.717, 1.165) is 5.56 Å². The molecule has 0 aliphatic heterocycles. The molecule has 0 spiro atoms. The van der Waals surface area contributed by atoms with Crippen molar-refractivity contribution in [1.29, 1.82) is 5.26 Å². The predicted molar refractivity (Wildman–Crippen MR) is 102 cm³/mol. The minimum atomic E-state index is 0.130. The van der Waals surface area contributed by atoms with Crippen LogP contribution in [0.4, 0.5) is 5.82 Å². The average molecular weight is 362 g/mol. The number of anilines is 1. The lowest BCUT2D eigenvalue weighted by Gasteiger charge is -2.17. The molecule has 27 heavy (non-hydrogen) atoms. The van der Waals surface area contributed by atoms with Crippen LogP contribution >= 0.6 is 0 Å². The zero-order valence-electron chi connectivity index (χ0n) is 15.2. The van der Waals surface area contributed by atoms with Gasteiger partial charge in [0.1, 0.15) is 17.5 Å². The van der Waals surface area contributed by atoms with E-state index in [1.54, 1.807) is 37.7 Å². The second-order valence-corrected chi connectivity index (χ2v) is 5.55. The van der Waals surface area contributed by atoms with E-state index in [2.05, 4.69) is 16.0 Å². The Balaban J connectivity index is 2.31. The van der Waals surface area contributed by atoms with E-state index in [4.69, 9.17) is 19.9 Å². The molecule has 3 rings (SSSR count). The summed E-state index contributed by atoms with van der Waals surface area (Å²) in [6.45, 7) is 0. The Morgan fingerprint density at radius 1 is 1.00 bits per heavy atom. The summed E-state index contributed by atoms with van der Waals surface area (Å²) in [6, 6.07) is 11.1. The fourth-order valence-electron chi connectivity index (χ4n) is 2.87. The molecule has 2 aromatic heterocycles. The molecule has 0 amide bonds. The van der Waals surface area contributed by atoms with Crippen molar-refractivity contribution in [3.05, 3.63) is 48.3 Å². The van der Waals surface area contributed by atoms with E-state index in [1.807, 2.05) is 12.1 Å². The summed E-state index contributed by atoms with van der Waals surface area (Å²) in [6.07, 6.45) is 3.36. The van der Waals surface area contributed by atoms with Crippen LogP contribution < -0.4 is 19.9 Å². The van der Waals surface area contributed by atoms with Crippen molar-refractivity contribution in [2.75, 3.05) is 27.1 Å². The number of rotatable bonds is 5. The number of nitriles is 1. The highest BCUT2D eigenvalue weighted by Crippen LogP contribution is 2.46. The highest BCUT2D eigenvalue weighted by atomic mass is 16.5. The molecule has 0 saturated carbocycles. The third kappa shape index (κ3) is 3.20. The van der Waals surface area contributed by atoms with Crippen LogP contribution in [0.1, 0.15) is 5.56 Å². The van der Waals surface area contributed by atoms with Crippen LogP contribution in [0.2, 0.25) is 0 Å². The summed E-state index contributed by atoms with van der Waals surface area (Å²) in [5.41, 5.74) is 8.95. The molecule has 0 radical (unpaired) electrons. The lowest BCUT2D eigenvalue weighted by molar-refractivity contribution is 0.325. The van der Waals surface area contributed by atoms with Crippen LogP contribution in [0.15, 0.2) is 42.7 Å². The maximum atomic E-state index is 9.63. The van der Waals surface area contributed by atoms with Gasteiger partial charge in [0, 0.05) is 29.1 Å². The van der Waals surface area contributed by atoms with Crippen molar-refractivity contribution in [3.8, 4) is 45.7 Å². The summed E-state index contributed by atoms with van der Waals surface area (Å²) in [5, 5.41) is 9.63. The van der Waals surface area contributed by atoms with Crippen LogP contribution in [0, 0.1) is 11.3 Å². The molecule has 0 saturated heterocycles. The number of ether oxygens (including phenoxy) is 3. The molecule has 7 nitrogen and oxygen atoms in total. The summed E-state index contributed by atoms with van der Waals surface area (Å²) in [7, 11) is 4.60. The Morgan fingerprint density at radius 3 is 2.37 bits per heavy atom. The second-order valence-electron chi connectivity index (χ2n) is 5.55. The maximum absolute atomic E-state index is 9.63. The molecular formula is C20H18N4O3. The fraction of sp³-hybridized carbons (Fsp3) is 0.150. The molecule has 0 bridgehead atoms. The first-order chi connectivity index (χ1) is 13.1. The molecule has 2 N–H and O–H groups in total. The number of nitrogens with two attached hydrogens (primary N) is 1. The van der Waals surface area contributed by atoms with E-state index < -0.39 is 0 Å². The fourth-order valence-corrected chi connectivity index (χ4v) is 2.87. The van der Waals surface area contributed by atoms with Crippen LogP contribution in [0.3, 0.4) is 0 Å². The Labute approximate surface area is 157 Å². The number of methoxy groups -OCH3 is 3. The van der Waals surface area contributed by atoms with Crippen molar-refractivity contribution in [3.63, 3.8) is 0 Å². The summed E-state index contributed by atoms with van der Waals surface area (Å²) < 4.78 is 16.3. The molecule has 0 atom stereocenters. The molecule has 3 aromatic rings. The molecule has 0 fully saturated rings. The SMILES string of the molecule is COc1ccc(-c2cc(-c3cccnc3)nc(N)c2C#N)c(OC)c1OC. The molecule has 0 aliphatic carbocycles. The first-order valence-corrected chi connectivity index (χ1v) is 8.05. The van der Waals surface area contributed by atoms with Crippen molar-refractivity contribution >= 4 is 5.82 Å². The van der Waals surface area contributed by atoms with Gasteiger partial charge >= 0.3 is 0 Å². The van der Waals surface area contributed by atoms with Gasteiger partial charge < -0.3 is 19.9 Å². The van der Waals surface area contributed by atoms with Crippen molar-refractivity contribution < 1.29 is 14.2 Å². The van der Waals surface area contributed by atoms with Crippen LogP contribution in [0.5, 0.6) is 17.2 Å². The van der Waals surface area contributed by atoms with Gasteiger partial charge in [-0.05, 0) is 30.3 Å². The number of benzene rings is 1. The van der Waals surface area contributed by atoms with E-state index in [1.165, 1.54) is 14.2 Å². The van der Waals surface area contributed by atoms with E-state index in [-0.39, 0.29) is 11.4 Å². The van der Waals surface area contributed by atoms with Gasteiger partial charge in [-0.1, -0.05) is 0 Å². The van der Waals surface area contributed by atoms with Gasteiger partial charge in [-0.2, -0.15) is 5.26 Å². The predicted octanol–water partition coefficient (Wildman–Crippen LogP) is 3.29. The summed E-state index contributed by atoms with van der Waals surface area (Å²) in [4.78, 5) is 8.46. The zero-order valence-corrected chi connectivity index (χ0v) is 15.2. The van der Waals surface area contributed by atoms with E-state index >= 15 is 0 Å². The molecule has 0 unspecified atom stereocenters. The highest BCUT2D eigenvalue weighted by Gasteiger charge is 2.21. The van der Waals surface area contributed by atoms with E-state index in [9.17, 15) is 5.26 Å². The monoisotopic (exact) mass is 362 g/mol. The van der Waals surface area contributed by atoms with Gasteiger partial charge in [0.15, 0.2) is 11.5 Å². The second kappa shape index (κ2) is 7.62. The molecule has 1 aromatic carbocycles. The van der Waals surface area contributed by atoms with Gasteiger partial charge in [0.25, 0.3) is 0 Å². The number of pyridine rings is 2. The summed E-state index contributed by atoms with van der Waals surface area (Å²) in [5.74, 6) is 1.52. The lowest BCUT2D eigenvalue weighted by atomic mass is 9.97. The smallest absolute Gasteiger partial charge is 0.203 e. The minimum Gasteiger partial charge on any atom is -0.493 e. The van der Waals surface area contributed by atoms with Gasteiger partial charge in [-0.3, -0.25) is 4.98 Å². The number of nitrogen functional groups attached to an aromatic ring is 1. The standard InChI is InChI=1S/C20H18N4O3/c1-25-17-7-6-13(18(26-2)19(17)27-3)14-9-16(12-5-4-8-23-11-12)24-20(22)15(14)10-21/h4-9,11H,1-3H3,(H2,22,24). The van der Waals surface area contributed by atoms with Crippen molar-refractivity contribution in [2.45, 2.75) is 0 Å². The first-order valence-electron chi connectivity index (χ1n) is 8.05. The Bertz CT molecular complexity index is 1010. The highest BCUT2D eigenvalue weighted by molar-refractivity contribution is 5.85. The normalized spacial score (nSPS) is 10.1. The zero-order chi connectivity index (χ0) is 19.4. The Morgan fingerprint density at radius 2 is 1.78 bits per heavy atom. The van der Waals surface area contributed by atoms with Crippen LogP contribution in [0.25, 0.3) is 22.4 Å². The van der Waals surface area contributed by atoms with Crippen molar-refractivity contribution in [2.24, 2.45) is 0 Å². The Kier molecular flexibility index (Phi) is 5.08. The topological polar surface area (TPSA) is 103 Å². The van der Waals surface area contributed by atoms with Gasteiger partial charge in [0.05, 0.1) is 27.0 Å². The molecular weight excluding hydrogens is 344 g/mol. The van der Waals surface area contributed by atoms with E-state index in [0.29, 0.717) is 34.1 Å². The Hall–Kier alpha value is -3.79. The third-order valence-electron chi connectivity index (χ3n) is 4.11. The molecule has 7 heteroatoms. The first kappa shape index (κ1) is 18.0. The minimum absolute atomic E-state index is 0.130. The lowest BCUT2D eigenvalue weighted by Crippen LogP contribution is -2.02. The maximum Gasteiger partial charge on any atom is 0.203 e.